The number of carbonyl (C=O) groups excluding carboxylic acids is 2. The van der Waals surface area contributed by atoms with Gasteiger partial charge in [-0.15, -0.1) is 0 Å². The highest BCUT2D eigenvalue weighted by Gasteiger charge is 2.26. The van der Waals surface area contributed by atoms with Gasteiger partial charge in [0.05, 0.1) is 18.3 Å². The van der Waals surface area contributed by atoms with Crippen LogP contribution in [0.4, 0.5) is 0 Å². The van der Waals surface area contributed by atoms with Crippen molar-refractivity contribution in [2.75, 3.05) is 26.2 Å². The Morgan fingerprint density at radius 3 is 2.44 bits per heavy atom. The van der Waals surface area contributed by atoms with Crippen LogP contribution in [0.1, 0.15) is 44.0 Å². The Balaban J connectivity index is 2.82. The minimum Gasteiger partial charge on any atom is -0.496 e. The van der Waals surface area contributed by atoms with Crippen LogP contribution in [0, 0.1) is 0 Å². The zero-order valence-corrected chi connectivity index (χ0v) is 17.9. The minimum absolute atomic E-state index is 0.0765. The zero-order valence-electron chi connectivity index (χ0n) is 17.1. The summed E-state index contributed by atoms with van der Waals surface area (Å²) in [7, 11) is 3.17. The van der Waals surface area contributed by atoms with Crippen molar-refractivity contribution in [2.45, 2.75) is 51.3 Å². The van der Waals surface area contributed by atoms with Gasteiger partial charge in [-0.25, -0.2) is 0 Å². The SMILES string of the molecule is COc1ccccc1C(=O)NC(CCSC)C(=O)NC(C)CC(C)(C)OC. The number of rotatable bonds is 11. The molecule has 0 saturated heterocycles. The predicted octanol–water partition coefficient (Wildman–Crippen LogP) is 2.87. The molecule has 0 radical (unpaired) electrons. The van der Waals surface area contributed by atoms with Crippen molar-refractivity contribution in [2.24, 2.45) is 0 Å². The van der Waals surface area contributed by atoms with Gasteiger partial charge in [0.2, 0.25) is 5.91 Å². The number of thioether (sulfide) groups is 1. The van der Waals surface area contributed by atoms with Crippen molar-refractivity contribution in [3.05, 3.63) is 29.8 Å². The van der Waals surface area contributed by atoms with E-state index in [1.165, 1.54) is 7.11 Å². The predicted molar refractivity (Wildman–Crippen MR) is 111 cm³/mol. The largest absolute Gasteiger partial charge is 0.496 e. The van der Waals surface area contributed by atoms with Crippen LogP contribution < -0.4 is 15.4 Å². The standard InChI is InChI=1S/C20H32N2O4S/c1-14(13-20(2,3)26-5)21-19(24)16(11-12-27-6)22-18(23)15-9-7-8-10-17(15)25-4/h7-10,14,16H,11-13H2,1-6H3,(H,21,24)(H,22,23). The van der Waals surface area contributed by atoms with Gasteiger partial charge < -0.3 is 20.1 Å². The summed E-state index contributed by atoms with van der Waals surface area (Å²) in [5.41, 5.74) is 0.0813. The van der Waals surface area contributed by atoms with E-state index in [1.54, 1.807) is 43.1 Å². The van der Waals surface area contributed by atoms with E-state index in [2.05, 4.69) is 10.6 Å². The highest BCUT2D eigenvalue weighted by Crippen LogP contribution is 2.18. The van der Waals surface area contributed by atoms with Crippen LogP contribution in [0.5, 0.6) is 5.75 Å². The van der Waals surface area contributed by atoms with Crippen LogP contribution in [-0.4, -0.2) is 55.7 Å². The highest BCUT2D eigenvalue weighted by atomic mass is 32.2. The lowest BCUT2D eigenvalue weighted by Crippen LogP contribution is -2.50. The second kappa shape index (κ2) is 11.2. The Bertz CT molecular complexity index is 622. The van der Waals surface area contributed by atoms with Gasteiger partial charge in [0.15, 0.2) is 0 Å². The first-order valence-corrected chi connectivity index (χ1v) is 10.4. The lowest BCUT2D eigenvalue weighted by atomic mass is 9.99. The zero-order chi connectivity index (χ0) is 20.4. The van der Waals surface area contributed by atoms with Crippen LogP contribution in [0.3, 0.4) is 0 Å². The number of benzene rings is 1. The average molecular weight is 397 g/mol. The molecule has 7 heteroatoms. The van der Waals surface area contributed by atoms with Gasteiger partial charge >= 0.3 is 0 Å². The van der Waals surface area contributed by atoms with Crippen LogP contribution >= 0.6 is 11.8 Å². The Morgan fingerprint density at radius 2 is 1.85 bits per heavy atom. The quantitative estimate of drug-likeness (QED) is 0.601. The third-order valence-electron chi connectivity index (χ3n) is 4.32. The van der Waals surface area contributed by atoms with Crippen LogP contribution in [0.2, 0.25) is 0 Å². The molecule has 0 spiro atoms. The number of hydrogen-bond donors (Lipinski definition) is 2. The summed E-state index contributed by atoms with van der Waals surface area (Å²) in [5, 5.41) is 5.84. The fraction of sp³-hybridized carbons (Fsp3) is 0.600. The van der Waals surface area contributed by atoms with Crippen molar-refractivity contribution < 1.29 is 19.1 Å². The summed E-state index contributed by atoms with van der Waals surface area (Å²) in [6.07, 6.45) is 3.19. The number of nitrogens with one attached hydrogen (secondary N) is 2. The van der Waals surface area contributed by atoms with E-state index in [0.29, 0.717) is 24.2 Å². The summed E-state index contributed by atoms with van der Waals surface area (Å²) in [4.78, 5) is 25.4. The molecule has 2 atom stereocenters. The number of carbonyl (C=O) groups is 2. The molecule has 2 amide bonds. The first-order valence-electron chi connectivity index (χ1n) is 9.02. The topological polar surface area (TPSA) is 76.7 Å². The molecule has 0 saturated carbocycles. The van der Waals surface area contributed by atoms with Crippen LogP contribution in [0.25, 0.3) is 0 Å². The molecule has 27 heavy (non-hydrogen) atoms. The highest BCUT2D eigenvalue weighted by molar-refractivity contribution is 7.98. The van der Waals surface area contributed by atoms with Crippen molar-refractivity contribution >= 4 is 23.6 Å². The lowest BCUT2D eigenvalue weighted by Gasteiger charge is -2.28. The van der Waals surface area contributed by atoms with Gasteiger partial charge in [0, 0.05) is 13.2 Å². The molecule has 0 bridgehead atoms. The van der Waals surface area contributed by atoms with E-state index in [0.717, 1.165) is 5.75 Å². The van der Waals surface area contributed by atoms with E-state index in [-0.39, 0.29) is 23.5 Å². The van der Waals surface area contributed by atoms with Crippen LogP contribution in [0.15, 0.2) is 24.3 Å². The van der Waals surface area contributed by atoms with Crippen molar-refractivity contribution in [1.82, 2.24) is 10.6 Å². The maximum absolute atomic E-state index is 12.7. The van der Waals surface area contributed by atoms with Crippen molar-refractivity contribution in [3.63, 3.8) is 0 Å². The second-order valence-electron chi connectivity index (χ2n) is 7.09. The molecule has 0 aromatic heterocycles. The molecular formula is C20H32N2O4S. The number of ether oxygens (including phenoxy) is 2. The third kappa shape index (κ3) is 7.81. The summed E-state index contributed by atoms with van der Waals surface area (Å²) >= 11 is 1.63. The monoisotopic (exact) mass is 396 g/mol. The van der Waals surface area contributed by atoms with Gasteiger partial charge in [0.25, 0.3) is 5.91 Å². The van der Waals surface area contributed by atoms with E-state index in [9.17, 15) is 9.59 Å². The second-order valence-corrected chi connectivity index (χ2v) is 8.07. The van der Waals surface area contributed by atoms with Crippen LogP contribution in [-0.2, 0) is 9.53 Å². The molecular weight excluding hydrogens is 364 g/mol. The number of amides is 2. The summed E-state index contributed by atoms with van der Waals surface area (Å²) in [6, 6.07) is 6.29. The fourth-order valence-corrected chi connectivity index (χ4v) is 3.26. The lowest BCUT2D eigenvalue weighted by molar-refractivity contribution is -0.124. The summed E-state index contributed by atoms with van der Waals surface area (Å²) < 4.78 is 10.7. The molecule has 152 valence electrons. The Kier molecular flexibility index (Phi) is 9.66. The van der Waals surface area contributed by atoms with Gasteiger partial charge in [-0.3, -0.25) is 9.59 Å². The van der Waals surface area contributed by atoms with Gasteiger partial charge in [-0.2, -0.15) is 11.8 Å². The molecule has 1 aromatic carbocycles. The summed E-state index contributed by atoms with van der Waals surface area (Å²) in [5.74, 6) is 0.738. The maximum atomic E-state index is 12.7. The van der Waals surface area contributed by atoms with Gasteiger partial charge in [-0.1, -0.05) is 12.1 Å². The first-order chi connectivity index (χ1) is 12.7. The van der Waals surface area contributed by atoms with Gasteiger partial charge in [0.1, 0.15) is 11.8 Å². The molecule has 0 aliphatic heterocycles. The van der Waals surface area contributed by atoms with Crippen molar-refractivity contribution in [1.29, 1.82) is 0 Å². The number of methoxy groups -OCH3 is 2. The van der Waals surface area contributed by atoms with Gasteiger partial charge in [-0.05, 0) is 57.8 Å². The normalized spacial score (nSPS) is 13.6. The Morgan fingerprint density at radius 1 is 1.19 bits per heavy atom. The molecule has 0 aliphatic rings. The molecule has 6 nitrogen and oxygen atoms in total. The molecule has 0 aliphatic carbocycles. The molecule has 0 heterocycles. The van der Waals surface area contributed by atoms with E-state index in [4.69, 9.17) is 9.47 Å². The molecule has 1 aromatic rings. The maximum Gasteiger partial charge on any atom is 0.255 e. The molecule has 2 unspecified atom stereocenters. The minimum atomic E-state index is -0.608. The van der Waals surface area contributed by atoms with E-state index in [1.807, 2.05) is 27.0 Å². The Hall–Kier alpha value is -1.73. The number of hydrogen-bond acceptors (Lipinski definition) is 5. The smallest absolute Gasteiger partial charge is 0.255 e. The molecule has 1 rings (SSSR count). The third-order valence-corrected chi connectivity index (χ3v) is 4.97. The fourth-order valence-electron chi connectivity index (χ4n) is 2.79. The average Bonchev–Trinajstić information content (AvgIpc) is 2.64. The number of para-hydroxylation sites is 1. The van der Waals surface area contributed by atoms with Crippen molar-refractivity contribution in [3.8, 4) is 5.75 Å². The Labute approximate surface area is 166 Å². The summed E-state index contributed by atoms with van der Waals surface area (Å²) in [6.45, 7) is 5.89. The van der Waals surface area contributed by atoms with E-state index >= 15 is 0 Å². The molecule has 2 N–H and O–H groups in total. The first kappa shape index (κ1) is 23.3. The van der Waals surface area contributed by atoms with E-state index < -0.39 is 6.04 Å². The molecule has 0 fully saturated rings.